The predicted octanol–water partition coefficient (Wildman–Crippen LogP) is 5.01. The molecule has 4 nitrogen and oxygen atoms in total. The second kappa shape index (κ2) is 7.49. The van der Waals surface area contributed by atoms with Gasteiger partial charge in [-0.3, -0.25) is 4.79 Å². The number of benzene rings is 2. The average molecular weight is 359 g/mol. The Bertz CT molecular complexity index is 891. The first-order valence-electron chi connectivity index (χ1n) is 7.78. The van der Waals surface area contributed by atoms with Crippen LogP contribution in [0.2, 0.25) is 5.02 Å². The average Bonchev–Trinajstić information content (AvgIpc) is 3.06. The fourth-order valence-corrected chi connectivity index (χ4v) is 2.47. The van der Waals surface area contributed by atoms with Gasteiger partial charge in [-0.25, -0.2) is 9.37 Å². The van der Waals surface area contributed by atoms with Crippen molar-refractivity contribution in [3.63, 3.8) is 0 Å². The van der Waals surface area contributed by atoms with Crippen LogP contribution in [-0.2, 0) is 11.2 Å². The number of halogens is 2. The van der Waals surface area contributed by atoms with Gasteiger partial charge in [0.15, 0.2) is 11.7 Å². The molecule has 3 rings (SSSR count). The van der Waals surface area contributed by atoms with E-state index in [1.165, 1.54) is 12.1 Å². The molecule has 0 unspecified atom stereocenters. The maximum Gasteiger partial charge on any atom is 0.224 e. The van der Waals surface area contributed by atoms with E-state index >= 15 is 0 Å². The molecule has 0 aliphatic rings. The molecule has 0 radical (unpaired) electrons. The molecule has 1 heterocycles. The van der Waals surface area contributed by atoms with Crippen molar-refractivity contribution in [2.45, 2.75) is 19.8 Å². The number of aryl methyl sites for hydroxylation is 2. The van der Waals surface area contributed by atoms with Gasteiger partial charge >= 0.3 is 0 Å². The summed E-state index contributed by atoms with van der Waals surface area (Å²) in [5.41, 5.74) is 2.34. The van der Waals surface area contributed by atoms with E-state index in [1.807, 2.05) is 13.0 Å². The lowest BCUT2D eigenvalue weighted by molar-refractivity contribution is -0.116. The number of amides is 1. The third kappa shape index (κ3) is 4.45. The molecule has 6 heteroatoms. The lowest BCUT2D eigenvalue weighted by Crippen LogP contribution is -2.12. The summed E-state index contributed by atoms with van der Waals surface area (Å²) in [6, 6.07) is 11.3. The number of oxazole rings is 1. The van der Waals surface area contributed by atoms with E-state index in [0.717, 1.165) is 11.1 Å². The summed E-state index contributed by atoms with van der Waals surface area (Å²) in [7, 11) is 0. The van der Waals surface area contributed by atoms with Crippen molar-refractivity contribution < 1.29 is 13.6 Å². The first-order valence-corrected chi connectivity index (χ1v) is 8.16. The number of anilines is 1. The van der Waals surface area contributed by atoms with Crippen LogP contribution in [0.15, 0.2) is 53.1 Å². The van der Waals surface area contributed by atoms with E-state index in [1.54, 1.807) is 30.5 Å². The van der Waals surface area contributed by atoms with E-state index in [-0.39, 0.29) is 18.1 Å². The van der Waals surface area contributed by atoms with Gasteiger partial charge in [-0.15, -0.1) is 0 Å². The molecule has 1 N–H and O–H groups in total. The zero-order valence-corrected chi connectivity index (χ0v) is 14.3. The van der Waals surface area contributed by atoms with E-state index < -0.39 is 0 Å². The minimum Gasteiger partial charge on any atom is -0.441 e. The topological polar surface area (TPSA) is 55.1 Å². The highest BCUT2D eigenvalue weighted by Crippen LogP contribution is 2.22. The van der Waals surface area contributed by atoms with Gasteiger partial charge in [0.05, 0.1) is 6.20 Å². The molecule has 0 bridgehead atoms. The van der Waals surface area contributed by atoms with Crippen LogP contribution in [0.5, 0.6) is 0 Å². The number of aromatic nitrogens is 1. The van der Waals surface area contributed by atoms with Crippen molar-refractivity contribution in [1.29, 1.82) is 0 Å². The van der Waals surface area contributed by atoms with E-state index in [4.69, 9.17) is 16.0 Å². The first-order chi connectivity index (χ1) is 12.0. The molecule has 0 atom stereocenters. The number of rotatable bonds is 5. The fraction of sp³-hybridized carbons (Fsp3) is 0.158. The van der Waals surface area contributed by atoms with Gasteiger partial charge in [-0.2, -0.15) is 0 Å². The zero-order chi connectivity index (χ0) is 17.8. The van der Waals surface area contributed by atoms with Crippen molar-refractivity contribution >= 4 is 23.2 Å². The van der Waals surface area contributed by atoms with Crippen molar-refractivity contribution in [3.8, 4) is 11.3 Å². The SMILES string of the molecule is Cc1ccc(NC(=O)CCc2ncc(-c3ccc(F)cc3)o2)cc1Cl. The lowest BCUT2D eigenvalue weighted by atomic mass is 10.2. The van der Waals surface area contributed by atoms with Gasteiger partial charge in [0.25, 0.3) is 0 Å². The third-order valence-corrected chi connectivity index (χ3v) is 4.11. The molecule has 0 saturated carbocycles. The Morgan fingerprint density at radius 3 is 2.72 bits per heavy atom. The molecule has 0 fully saturated rings. The minimum atomic E-state index is -0.309. The molecule has 3 aromatic rings. The summed E-state index contributed by atoms with van der Waals surface area (Å²) in [6.45, 7) is 1.90. The van der Waals surface area contributed by atoms with Crippen molar-refractivity contribution in [2.24, 2.45) is 0 Å². The molecule has 0 saturated heterocycles. The Hall–Kier alpha value is -2.66. The molecule has 0 aliphatic carbocycles. The van der Waals surface area contributed by atoms with Crippen LogP contribution >= 0.6 is 11.6 Å². The zero-order valence-electron chi connectivity index (χ0n) is 13.6. The molecule has 25 heavy (non-hydrogen) atoms. The maximum absolute atomic E-state index is 12.9. The number of carbonyl (C=O) groups excluding carboxylic acids is 1. The van der Waals surface area contributed by atoms with E-state index in [9.17, 15) is 9.18 Å². The van der Waals surface area contributed by atoms with Crippen molar-refractivity contribution in [2.75, 3.05) is 5.32 Å². The Kier molecular flexibility index (Phi) is 5.14. The quantitative estimate of drug-likeness (QED) is 0.697. The standard InChI is InChI=1S/C19H16ClFN2O2/c1-12-2-7-15(10-16(12)20)23-18(24)8-9-19-22-11-17(25-19)13-3-5-14(21)6-4-13/h2-7,10-11H,8-9H2,1H3,(H,23,24). The summed E-state index contributed by atoms with van der Waals surface area (Å²) >= 11 is 6.04. The van der Waals surface area contributed by atoms with Gasteiger partial charge < -0.3 is 9.73 Å². The van der Waals surface area contributed by atoms with Crippen LogP contribution in [0, 0.1) is 12.7 Å². The van der Waals surface area contributed by atoms with E-state index in [2.05, 4.69) is 10.3 Å². The summed E-state index contributed by atoms with van der Waals surface area (Å²) in [5.74, 6) is 0.537. The molecule has 0 spiro atoms. The number of nitrogens with one attached hydrogen (secondary N) is 1. The van der Waals surface area contributed by atoms with E-state index in [0.29, 0.717) is 28.8 Å². The summed E-state index contributed by atoms with van der Waals surface area (Å²) in [4.78, 5) is 16.2. The first kappa shape index (κ1) is 17.2. The number of nitrogens with zero attached hydrogens (tertiary/aromatic N) is 1. The van der Waals surface area contributed by atoms with Crippen molar-refractivity contribution in [1.82, 2.24) is 4.98 Å². The molecule has 2 aromatic carbocycles. The van der Waals surface area contributed by atoms with Crippen LogP contribution in [0.1, 0.15) is 17.9 Å². The van der Waals surface area contributed by atoms with Gasteiger partial charge in [-0.05, 0) is 48.9 Å². The van der Waals surface area contributed by atoms with Gasteiger partial charge in [-0.1, -0.05) is 17.7 Å². The number of hydrogen-bond donors (Lipinski definition) is 1. The van der Waals surface area contributed by atoms with Crippen molar-refractivity contribution in [3.05, 3.63) is 71.0 Å². The number of carbonyl (C=O) groups is 1. The highest BCUT2D eigenvalue weighted by atomic mass is 35.5. The fourth-order valence-electron chi connectivity index (χ4n) is 2.29. The molecule has 0 aliphatic heterocycles. The second-order valence-electron chi connectivity index (χ2n) is 5.64. The summed E-state index contributed by atoms with van der Waals surface area (Å²) < 4.78 is 18.6. The highest BCUT2D eigenvalue weighted by Gasteiger charge is 2.10. The van der Waals surface area contributed by atoms with Gasteiger partial charge in [0, 0.05) is 29.1 Å². The molecular formula is C19H16ClFN2O2. The highest BCUT2D eigenvalue weighted by molar-refractivity contribution is 6.31. The van der Waals surface area contributed by atoms with Crippen LogP contribution in [0.25, 0.3) is 11.3 Å². The minimum absolute atomic E-state index is 0.151. The monoisotopic (exact) mass is 358 g/mol. The molecule has 1 amide bonds. The predicted molar refractivity (Wildman–Crippen MR) is 95.0 cm³/mol. The Labute approximate surface area is 149 Å². The lowest BCUT2D eigenvalue weighted by Gasteiger charge is -2.06. The summed E-state index contributed by atoms with van der Waals surface area (Å²) in [5, 5.41) is 3.40. The van der Waals surface area contributed by atoms with Gasteiger partial charge in [0.1, 0.15) is 5.82 Å². The smallest absolute Gasteiger partial charge is 0.224 e. The maximum atomic E-state index is 12.9. The Morgan fingerprint density at radius 1 is 1.24 bits per heavy atom. The Balaban J connectivity index is 1.57. The number of hydrogen-bond acceptors (Lipinski definition) is 3. The normalized spacial score (nSPS) is 10.7. The van der Waals surface area contributed by atoms with Crippen LogP contribution in [0.4, 0.5) is 10.1 Å². The van der Waals surface area contributed by atoms with Crippen LogP contribution in [-0.4, -0.2) is 10.9 Å². The Morgan fingerprint density at radius 2 is 2.00 bits per heavy atom. The third-order valence-electron chi connectivity index (χ3n) is 3.70. The molecule has 1 aromatic heterocycles. The largest absolute Gasteiger partial charge is 0.441 e. The van der Waals surface area contributed by atoms with Gasteiger partial charge in [0.2, 0.25) is 5.91 Å². The second-order valence-corrected chi connectivity index (χ2v) is 6.04. The molecular weight excluding hydrogens is 343 g/mol. The van der Waals surface area contributed by atoms with Crippen LogP contribution in [0.3, 0.4) is 0 Å². The van der Waals surface area contributed by atoms with Crippen LogP contribution < -0.4 is 5.32 Å². The molecule has 128 valence electrons. The summed E-state index contributed by atoms with van der Waals surface area (Å²) in [6.07, 6.45) is 2.17.